The topological polar surface area (TPSA) is 126 Å². The van der Waals surface area contributed by atoms with Gasteiger partial charge in [-0.2, -0.15) is 5.06 Å². The fourth-order valence-electron chi connectivity index (χ4n) is 2.80. The van der Waals surface area contributed by atoms with Crippen LogP contribution in [0.3, 0.4) is 0 Å². The second-order valence-corrected chi connectivity index (χ2v) is 6.00. The summed E-state index contributed by atoms with van der Waals surface area (Å²) in [5.74, 6) is 0. The van der Waals surface area contributed by atoms with Crippen LogP contribution < -0.4 is 11.2 Å². The third-order valence-electron chi connectivity index (χ3n) is 4.29. The third-order valence-corrected chi connectivity index (χ3v) is 4.29. The van der Waals surface area contributed by atoms with Crippen molar-refractivity contribution in [2.75, 3.05) is 32.9 Å². The van der Waals surface area contributed by atoms with Gasteiger partial charge in [0, 0.05) is 24.8 Å². The monoisotopic (exact) mass is 373 g/mol. The lowest BCUT2D eigenvalue weighted by Gasteiger charge is -2.23. The molecule has 1 aromatic heterocycles. The second-order valence-electron chi connectivity index (χ2n) is 6.00. The molecular weight excluding hydrogens is 346 g/mol. The molecule has 0 aromatic carbocycles. The Morgan fingerprint density at radius 2 is 2.00 bits per heavy atom. The van der Waals surface area contributed by atoms with Crippen LogP contribution in [0.4, 0.5) is 0 Å². The van der Waals surface area contributed by atoms with Gasteiger partial charge in [0.1, 0.15) is 18.3 Å². The number of aliphatic hydroxyl groups excluding tert-OH is 2. The van der Waals surface area contributed by atoms with E-state index in [4.69, 9.17) is 14.3 Å². The number of aliphatic hydroxyl groups is 2. The van der Waals surface area contributed by atoms with E-state index in [9.17, 15) is 19.8 Å². The van der Waals surface area contributed by atoms with Crippen LogP contribution in [0.5, 0.6) is 0 Å². The van der Waals surface area contributed by atoms with Crippen LogP contribution >= 0.6 is 0 Å². The highest BCUT2D eigenvalue weighted by atomic mass is 16.7. The first kappa shape index (κ1) is 20.7. The van der Waals surface area contributed by atoms with Gasteiger partial charge in [-0.15, -0.1) is 0 Å². The van der Waals surface area contributed by atoms with Crippen molar-refractivity contribution < 1.29 is 24.5 Å². The lowest BCUT2D eigenvalue weighted by Crippen LogP contribution is -2.40. The first-order valence-electron chi connectivity index (χ1n) is 8.68. The minimum Gasteiger partial charge on any atom is -0.394 e. The van der Waals surface area contributed by atoms with Gasteiger partial charge < -0.3 is 19.7 Å². The molecule has 0 amide bonds. The molecule has 10 heteroatoms. The Labute approximate surface area is 150 Å². The van der Waals surface area contributed by atoms with Crippen LogP contribution in [0, 0.1) is 6.92 Å². The van der Waals surface area contributed by atoms with Crippen molar-refractivity contribution >= 4 is 0 Å². The highest BCUT2D eigenvalue weighted by Crippen LogP contribution is 2.30. The van der Waals surface area contributed by atoms with E-state index in [-0.39, 0.29) is 13.2 Å². The standard InChI is InChI=1S/C16H27N3O7/c1-4-18(5-2)25-7-6-24-13-12(21)11(9-20)26-15(13)19-8-10(3)14(22)17-16(19)23/h8,11-13,15,20-21H,4-7,9H2,1-3H3,(H,17,22,23). The molecule has 1 aromatic rings. The third kappa shape index (κ3) is 4.58. The van der Waals surface area contributed by atoms with Gasteiger partial charge in [-0.1, -0.05) is 13.8 Å². The first-order chi connectivity index (χ1) is 12.4. The highest BCUT2D eigenvalue weighted by Gasteiger charge is 2.45. The Kier molecular flexibility index (Phi) is 7.50. The van der Waals surface area contributed by atoms with Crippen molar-refractivity contribution in [2.45, 2.75) is 45.3 Å². The van der Waals surface area contributed by atoms with Gasteiger partial charge in [-0.25, -0.2) is 4.79 Å². The maximum atomic E-state index is 12.1. The maximum absolute atomic E-state index is 12.1. The molecule has 0 radical (unpaired) electrons. The van der Waals surface area contributed by atoms with Crippen LogP contribution in [0.15, 0.2) is 15.8 Å². The number of nitrogens with one attached hydrogen (secondary N) is 1. The van der Waals surface area contributed by atoms with E-state index in [2.05, 4.69) is 4.98 Å². The average Bonchev–Trinajstić information content (AvgIpc) is 2.94. The van der Waals surface area contributed by atoms with Crippen LogP contribution in [0.1, 0.15) is 25.6 Å². The zero-order chi connectivity index (χ0) is 19.3. The SMILES string of the molecule is CCN(CC)OCCOC1C(O)C(CO)OC1n1cc(C)c(=O)[nH]c1=O. The van der Waals surface area contributed by atoms with E-state index in [1.807, 2.05) is 13.8 Å². The minimum absolute atomic E-state index is 0.160. The first-order valence-corrected chi connectivity index (χ1v) is 8.68. The molecule has 1 aliphatic heterocycles. The molecule has 0 saturated carbocycles. The molecule has 0 bridgehead atoms. The Morgan fingerprint density at radius 3 is 2.62 bits per heavy atom. The summed E-state index contributed by atoms with van der Waals surface area (Å²) in [7, 11) is 0. The van der Waals surface area contributed by atoms with Crippen LogP contribution in [0.25, 0.3) is 0 Å². The van der Waals surface area contributed by atoms with Gasteiger partial charge >= 0.3 is 5.69 Å². The molecule has 1 aliphatic rings. The van der Waals surface area contributed by atoms with E-state index in [0.717, 1.165) is 17.7 Å². The van der Waals surface area contributed by atoms with Crippen molar-refractivity contribution in [3.8, 4) is 0 Å². The predicted octanol–water partition coefficient (Wildman–Crippen LogP) is -1.25. The van der Waals surface area contributed by atoms with Gasteiger partial charge in [-0.05, 0) is 6.92 Å². The molecular formula is C16H27N3O7. The number of hydrogen-bond acceptors (Lipinski definition) is 8. The van der Waals surface area contributed by atoms with Crippen LogP contribution in [0.2, 0.25) is 0 Å². The smallest absolute Gasteiger partial charge is 0.330 e. The second kappa shape index (κ2) is 9.40. The Bertz CT molecular complexity index is 685. The summed E-state index contributed by atoms with van der Waals surface area (Å²) < 4.78 is 12.4. The molecule has 0 spiro atoms. The summed E-state index contributed by atoms with van der Waals surface area (Å²) in [6.45, 7) is 6.94. The number of ether oxygens (including phenoxy) is 2. The number of aryl methyl sites for hydroxylation is 1. The number of nitrogens with zero attached hydrogens (tertiary/aromatic N) is 2. The summed E-state index contributed by atoms with van der Waals surface area (Å²) in [4.78, 5) is 31.4. The van der Waals surface area contributed by atoms with Gasteiger partial charge in [0.05, 0.1) is 19.8 Å². The number of aromatic nitrogens is 2. The number of hydroxylamine groups is 2. The summed E-state index contributed by atoms with van der Waals surface area (Å²) >= 11 is 0. The fourth-order valence-corrected chi connectivity index (χ4v) is 2.80. The van der Waals surface area contributed by atoms with E-state index in [1.165, 1.54) is 6.20 Å². The minimum atomic E-state index is -1.13. The molecule has 1 fully saturated rings. The van der Waals surface area contributed by atoms with Gasteiger partial charge in [0.25, 0.3) is 5.56 Å². The van der Waals surface area contributed by atoms with E-state index < -0.39 is 42.4 Å². The van der Waals surface area contributed by atoms with Crippen molar-refractivity contribution in [1.82, 2.24) is 14.6 Å². The molecule has 4 atom stereocenters. The van der Waals surface area contributed by atoms with Gasteiger partial charge in [-0.3, -0.25) is 19.2 Å². The molecule has 1 saturated heterocycles. The molecule has 148 valence electrons. The molecule has 3 N–H and O–H groups in total. The predicted molar refractivity (Wildman–Crippen MR) is 91.7 cm³/mol. The van der Waals surface area contributed by atoms with E-state index in [0.29, 0.717) is 5.56 Å². The summed E-state index contributed by atoms with van der Waals surface area (Å²) in [5.41, 5.74) is -0.850. The summed E-state index contributed by atoms with van der Waals surface area (Å²) in [6.07, 6.45) is -2.54. The molecule has 10 nitrogen and oxygen atoms in total. The Morgan fingerprint density at radius 1 is 1.31 bits per heavy atom. The van der Waals surface area contributed by atoms with Crippen LogP contribution in [-0.2, 0) is 14.3 Å². The van der Waals surface area contributed by atoms with Crippen molar-refractivity contribution in [3.63, 3.8) is 0 Å². The number of hydrogen-bond donors (Lipinski definition) is 3. The molecule has 4 unspecified atom stereocenters. The van der Waals surface area contributed by atoms with Gasteiger partial charge in [0.15, 0.2) is 6.23 Å². The average molecular weight is 373 g/mol. The van der Waals surface area contributed by atoms with Crippen molar-refractivity contribution in [3.05, 3.63) is 32.6 Å². The van der Waals surface area contributed by atoms with Crippen LogP contribution in [-0.4, -0.2) is 76.0 Å². The zero-order valence-corrected chi connectivity index (χ0v) is 15.3. The van der Waals surface area contributed by atoms with Gasteiger partial charge in [0.2, 0.25) is 0 Å². The molecule has 2 heterocycles. The highest BCUT2D eigenvalue weighted by molar-refractivity contribution is 5.03. The normalized spacial score (nSPS) is 25.9. The number of aromatic amines is 1. The number of H-pyrrole nitrogens is 1. The lowest BCUT2D eigenvalue weighted by molar-refractivity contribution is -0.174. The number of rotatable bonds is 9. The molecule has 2 rings (SSSR count). The Hall–Kier alpha value is -1.56. The Balaban J connectivity index is 2.12. The lowest BCUT2D eigenvalue weighted by atomic mass is 10.1. The zero-order valence-electron chi connectivity index (χ0n) is 15.3. The molecule has 0 aliphatic carbocycles. The summed E-state index contributed by atoms with van der Waals surface area (Å²) in [6, 6.07) is 0. The van der Waals surface area contributed by atoms with E-state index >= 15 is 0 Å². The molecule has 26 heavy (non-hydrogen) atoms. The quantitative estimate of drug-likeness (QED) is 0.362. The fraction of sp³-hybridized carbons (Fsp3) is 0.750. The van der Waals surface area contributed by atoms with Crippen molar-refractivity contribution in [1.29, 1.82) is 0 Å². The van der Waals surface area contributed by atoms with Crippen molar-refractivity contribution in [2.24, 2.45) is 0 Å². The summed E-state index contributed by atoms with van der Waals surface area (Å²) in [5, 5.41) is 21.5. The maximum Gasteiger partial charge on any atom is 0.330 e. The largest absolute Gasteiger partial charge is 0.394 e. The van der Waals surface area contributed by atoms with E-state index in [1.54, 1.807) is 12.0 Å².